The van der Waals surface area contributed by atoms with Crippen molar-refractivity contribution < 1.29 is 9.90 Å². The maximum atomic E-state index is 12.4. The van der Waals surface area contributed by atoms with E-state index in [4.69, 9.17) is 0 Å². The summed E-state index contributed by atoms with van der Waals surface area (Å²) in [5, 5.41) is 13.0. The number of nitrogens with zero attached hydrogens (tertiary/aromatic N) is 2. The zero-order chi connectivity index (χ0) is 16.2. The van der Waals surface area contributed by atoms with Gasteiger partial charge >= 0.3 is 0 Å². The molecule has 0 radical (unpaired) electrons. The van der Waals surface area contributed by atoms with Crippen LogP contribution in [0.3, 0.4) is 0 Å². The lowest BCUT2D eigenvalue weighted by Gasteiger charge is -2.28. The highest BCUT2D eigenvalue weighted by atomic mass is 32.2. The molecular weight excluding hydrogens is 310 g/mol. The van der Waals surface area contributed by atoms with Gasteiger partial charge in [0, 0.05) is 0 Å². The third-order valence-electron chi connectivity index (χ3n) is 4.38. The molecule has 1 aliphatic carbocycles. The highest BCUT2D eigenvalue weighted by Gasteiger charge is 2.25. The second-order valence-electron chi connectivity index (χ2n) is 6.06. The molecule has 3 rings (SSSR count). The fraction of sp³-hybridized carbons (Fsp3) is 0.529. The Kier molecular flexibility index (Phi) is 5.23. The molecular formula is C17H23N3O2S. The highest BCUT2D eigenvalue weighted by molar-refractivity contribution is 7.97. The molecule has 2 unspecified atom stereocenters. The van der Waals surface area contributed by atoms with Gasteiger partial charge < -0.3 is 15.0 Å². The van der Waals surface area contributed by atoms with Gasteiger partial charge in [-0.3, -0.25) is 4.79 Å². The van der Waals surface area contributed by atoms with Gasteiger partial charge in [-0.25, -0.2) is 4.98 Å². The molecule has 0 saturated heterocycles. The summed E-state index contributed by atoms with van der Waals surface area (Å²) < 4.78 is 1.98. The van der Waals surface area contributed by atoms with Crippen LogP contribution in [0.2, 0.25) is 0 Å². The van der Waals surface area contributed by atoms with Gasteiger partial charge in [0.2, 0.25) is 5.91 Å². The standard InChI is InChI=1S/C17H23N3O2S/c1-23-11-16-18-12-6-2-4-8-14(12)20(16)10-17(22)19-13-7-3-5-9-15(13)21/h2,4,6,8,13,15,21H,3,5,7,9-11H2,1H3,(H,19,22). The van der Waals surface area contributed by atoms with E-state index < -0.39 is 6.10 Å². The van der Waals surface area contributed by atoms with E-state index in [9.17, 15) is 9.90 Å². The van der Waals surface area contributed by atoms with Crippen LogP contribution in [0.15, 0.2) is 24.3 Å². The number of carbonyl (C=O) groups is 1. The van der Waals surface area contributed by atoms with Gasteiger partial charge in [-0.2, -0.15) is 11.8 Å². The molecule has 2 aromatic rings. The molecule has 1 aromatic heterocycles. The normalized spacial score (nSPS) is 21.5. The van der Waals surface area contributed by atoms with Crippen molar-refractivity contribution in [3.05, 3.63) is 30.1 Å². The number of hydrogen-bond acceptors (Lipinski definition) is 4. The van der Waals surface area contributed by atoms with E-state index in [1.54, 1.807) is 11.8 Å². The molecule has 0 bridgehead atoms. The average molecular weight is 333 g/mol. The maximum Gasteiger partial charge on any atom is 0.240 e. The van der Waals surface area contributed by atoms with Crippen LogP contribution in [0.5, 0.6) is 0 Å². The number of aromatic nitrogens is 2. The van der Waals surface area contributed by atoms with Crippen LogP contribution in [0, 0.1) is 0 Å². The molecule has 23 heavy (non-hydrogen) atoms. The van der Waals surface area contributed by atoms with Crippen LogP contribution < -0.4 is 5.32 Å². The van der Waals surface area contributed by atoms with E-state index >= 15 is 0 Å². The maximum absolute atomic E-state index is 12.4. The fourth-order valence-electron chi connectivity index (χ4n) is 3.22. The van der Waals surface area contributed by atoms with Crippen molar-refractivity contribution in [1.82, 2.24) is 14.9 Å². The molecule has 5 nitrogen and oxygen atoms in total. The van der Waals surface area contributed by atoms with Gasteiger partial charge in [0.1, 0.15) is 12.4 Å². The molecule has 1 aromatic carbocycles. The smallest absolute Gasteiger partial charge is 0.240 e. The SMILES string of the molecule is CSCc1nc2ccccc2n1CC(=O)NC1CCCCC1O. The first-order chi connectivity index (χ1) is 11.2. The summed E-state index contributed by atoms with van der Waals surface area (Å²) in [7, 11) is 0. The summed E-state index contributed by atoms with van der Waals surface area (Å²) in [5.74, 6) is 1.63. The summed E-state index contributed by atoms with van der Waals surface area (Å²) in [6, 6.07) is 7.77. The number of nitrogens with one attached hydrogen (secondary N) is 1. The van der Waals surface area contributed by atoms with Gasteiger partial charge in [-0.1, -0.05) is 25.0 Å². The van der Waals surface area contributed by atoms with Gasteiger partial charge in [0.15, 0.2) is 0 Å². The Morgan fingerprint density at radius 3 is 2.96 bits per heavy atom. The van der Waals surface area contributed by atoms with Gasteiger partial charge in [-0.05, 0) is 31.2 Å². The summed E-state index contributed by atoms with van der Waals surface area (Å²) in [6.45, 7) is 0.250. The first kappa shape index (κ1) is 16.3. The lowest BCUT2D eigenvalue weighted by atomic mass is 9.92. The Morgan fingerprint density at radius 2 is 2.17 bits per heavy atom. The number of imidazole rings is 1. The summed E-state index contributed by atoms with van der Waals surface area (Å²) in [5.41, 5.74) is 1.90. The molecule has 2 atom stereocenters. The molecule has 1 fully saturated rings. The van der Waals surface area contributed by atoms with E-state index in [1.807, 2.05) is 35.1 Å². The van der Waals surface area contributed by atoms with Crippen molar-refractivity contribution in [2.75, 3.05) is 6.26 Å². The number of amides is 1. The first-order valence-electron chi connectivity index (χ1n) is 8.09. The number of rotatable bonds is 5. The molecule has 124 valence electrons. The van der Waals surface area contributed by atoms with Crippen LogP contribution in [-0.2, 0) is 17.1 Å². The second-order valence-corrected chi connectivity index (χ2v) is 6.93. The monoisotopic (exact) mass is 333 g/mol. The van der Waals surface area contributed by atoms with Crippen LogP contribution in [0.1, 0.15) is 31.5 Å². The number of para-hydroxylation sites is 2. The van der Waals surface area contributed by atoms with Crippen LogP contribution >= 0.6 is 11.8 Å². The number of aliphatic hydroxyl groups is 1. The zero-order valence-corrected chi connectivity index (χ0v) is 14.2. The molecule has 0 spiro atoms. The number of thioether (sulfide) groups is 1. The van der Waals surface area contributed by atoms with E-state index in [0.29, 0.717) is 0 Å². The van der Waals surface area contributed by atoms with Gasteiger partial charge in [0.25, 0.3) is 0 Å². The van der Waals surface area contributed by atoms with Crippen LogP contribution in [0.25, 0.3) is 11.0 Å². The van der Waals surface area contributed by atoms with Crippen molar-refractivity contribution >= 4 is 28.7 Å². The summed E-state index contributed by atoms with van der Waals surface area (Å²) in [4.78, 5) is 17.1. The zero-order valence-electron chi connectivity index (χ0n) is 13.4. The molecule has 1 saturated carbocycles. The van der Waals surface area contributed by atoms with Crippen LogP contribution in [0.4, 0.5) is 0 Å². The predicted molar refractivity (Wildman–Crippen MR) is 93.4 cm³/mol. The lowest BCUT2D eigenvalue weighted by Crippen LogP contribution is -2.46. The molecule has 0 aliphatic heterocycles. The first-order valence-corrected chi connectivity index (χ1v) is 9.49. The van der Waals surface area contributed by atoms with Gasteiger partial charge in [0.05, 0.1) is 28.9 Å². The minimum absolute atomic E-state index is 0.0542. The number of carbonyl (C=O) groups excluding carboxylic acids is 1. The number of aliphatic hydroxyl groups excluding tert-OH is 1. The number of benzene rings is 1. The second kappa shape index (κ2) is 7.36. The van der Waals surface area contributed by atoms with Crippen molar-refractivity contribution in [3.8, 4) is 0 Å². The Balaban J connectivity index is 1.77. The Morgan fingerprint density at radius 1 is 1.39 bits per heavy atom. The number of fused-ring (bicyclic) bond motifs is 1. The Labute approximate surface area is 140 Å². The van der Waals surface area contributed by atoms with Crippen molar-refractivity contribution in [2.45, 2.75) is 50.1 Å². The van der Waals surface area contributed by atoms with E-state index in [1.165, 1.54) is 0 Å². The fourth-order valence-corrected chi connectivity index (χ4v) is 3.70. The van der Waals surface area contributed by atoms with E-state index in [-0.39, 0.29) is 18.5 Å². The average Bonchev–Trinajstić information content (AvgIpc) is 2.88. The van der Waals surface area contributed by atoms with Crippen molar-refractivity contribution in [3.63, 3.8) is 0 Å². The molecule has 6 heteroatoms. The quantitative estimate of drug-likeness (QED) is 0.881. The summed E-state index contributed by atoms with van der Waals surface area (Å²) in [6.07, 6.45) is 5.34. The van der Waals surface area contributed by atoms with Crippen LogP contribution in [-0.4, -0.2) is 39.0 Å². The Hall–Kier alpha value is -1.53. The molecule has 1 heterocycles. The number of hydrogen-bond donors (Lipinski definition) is 2. The largest absolute Gasteiger partial charge is 0.391 e. The van der Waals surface area contributed by atoms with E-state index in [0.717, 1.165) is 48.3 Å². The molecule has 2 N–H and O–H groups in total. The highest BCUT2D eigenvalue weighted by Crippen LogP contribution is 2.20. The predicted octanol–water partition coefficient (Wildman–Crippen LogP) is 2.32. The lowest BCUT2D eigenvalue weighted by molar-refractivity contribution is -0.123. The summed E-state index contributed by atoms with van der Waals surface area (Å²) >= 11 is 1.69. The third-order valence-corrected chi connectivity index (χ3v) is 4.93. The minimum Gasteiger partial charge on any atom is -0.391 e. The van der Waals surface area contributed by atoms with Crippen molar-refractivity contribution in [2.24, 2.45) is 0 Å². The Bertz CT molecular complexity index is 686. The van der Waals surface area contributed by atoms with Gasteiger partial charge in [-0.15, -0.1) is 0 Å². The molecule has 1 aliphatic rings. The third kappa shape index (κ3) is 3.70. The minimum atomic E-state index is -0.419. The van der Waals surface area contributed by atoms with E-state index in [2.05, 4.69) is 10.3 Å². The molecule has 1 amide bonds. The van der Waals surface area contributed by atoms with Crippen molar-refractivity contribution in [1.29, 1.82) is 0 Å². The topological polar surface area (TPSA) is 67.2 Å².